The van der Waals surface area contributed by atoms with Gasteiger partial charge >= 0.3 is 23.9 Å². The Bertz CT molecular complexity index is 953. The van der Waals surface area contributed by atoms with Gasteiger partial charge in [0.1, 0.15) is 32.5 Å². The molecular weight excluding hydrogens is 484 g/mol. The highest BCUT2D eigenvalue weighted by molar-refractivity contribution is 8.29. The molecule has 0 radical (unpaired) electrons. The highest BCUT2D eigenvalue weighted by atomic mass is 32.2. The van der Waals surface area contributed by atoms with Crippen molar-refractivity contribution in [2.24, 2.45) is 0 Å². The molecule has 0 aromatic carbocycles. The second-order valence-electron chi connectivity index (χ2n) is 5.24. The number of rotatable bonds is 7. The van der Waals surface area contributed by atoms with E-state index < -0.39 is 23.9 Å². The number of methoxy groups -OCH3 is 4. The van der Waals surface area contributed by atoms with Crippen LogP contribution < -0.4 is 0 Å². The van der Waals surface area contributed by atoms with Crippen LogP contribution in [0, 0.1) is 0 Å². The number of hydrogen-bond donors (Lipinski definition) is 0. The first-order valence-electron chi connectivity index (χ1n) is 8.31. The van der Waals surface area contributed by atoms with Crippen LogP contribution >= 0.6 is 46.2 Å². The van der Waals surface area contributed by atoms with Crippen LogP contribution in [0.5, 0.6) is 0 Å². The Kier molecular flexibility index (Phi) is 9.49. The number of hydrogen-bond acceptors (Lipinski definition) is 11. The summed E-state index contributed by atoms with van der Waals surface area (Å²) in [4.78, 5) is 48.1. The molecule has 12 heteroatoms. The molecular formula is C19H17O8S4+. The smallest absolute Gasteiger partial charge is 0.375 e. The lowest BCUT2D eigenvalue weighted by molar-refractivity contribution is -0.138. The van der Waals surface area contributed by atoms with Crippen LogP contribution in [0.3, 0.4) is 0 Å². The van der Waals surface area contributed by atoms with E-state index >= 15 is 0 Å². The van der Waals surface area contributed by atoms with E-state index in [1.165, 1.54) is 28.4 Å². The van der Waals surface area contributed by atoms with Gasteiger partial charge in [0.2, 0.25) is 0 Å². The Morgan fingerprint density at radius 1 is 0.742 bits per heavy atom. The highest BCUT2D eigenvalue weighted by Gasteiger charge is 2.34. The molecule has 1 aromatic rings. The summed E-state index contributed by atoms with van der Waals surface area (Å²) in [5.74, 6) is -2.42. The average Bonchev–Trinajstić information content (AvgIpc) is 3.41. The first-order valence-corrected chi connectivity index (χ1v) is 11.6. The van der Waals surface area contributed by atoms with Crippen molar-refractivity contribution in [3.63, 3.8) is 0 Å². The molecule has 0 saturated carbocycles. The topological polar surface area (TPSA) is 105 Å². The van der Waals surface area contributed by atoms with Gasteiger partial charge in [-0.25, -0.2) is 19.2 Å². The first-order chi connectivity index (χ1) is 14.9. The van der Waals surface area contributed by atoms with Gasteiger partial charge in [-0.1, -0.05) is 41.8 Å². The molecule has 0 amide bonds. The Hall–Kier alpha value is -2.41. The Morgan fingerprint density at radius 2 is 1.29 bits per heavy atom. The van der Waals surface area contributed by atoms with Crippen LogP contribution in [0.2, 0.25) is 0 Å². The lowest BCUT2D eigenvalue weighted by Crippen LogP contribution is -2.08. The predicted octanol–water partition coefficient (Wildman–Crippen LogP) is 4.11. The van der Waals surface area contributed by atoms with Gasteiger partial charge < -0.3 is 18.9 Å². The summed E-state index contributed by atoms with van der Waals surface area (Å²) in [5, 5.41) is 0. The van der Waals surface area contributed by atoms with E-state index in [1.54, 1.807) is 30.4 Å². The largest absolute Gasteiger partial charge is 0.465 e. The lowest BCUT2D eigenvalue weighted by Gasteiger charge is -2.00. The van der Waals surface area contributed by atoms with Crippen LogP contribution in [-0.4, -0.2) is 52.3 Å². The van der Waals surface area contributed by atoms with Gasteiger partial charge in [-0.2, -0.15) is 0 Å². The summed E-state index contributed by atoms with van der Waals surface area (Å²) >= 11 is 4.48. The first kappa shape index (κ1) is 24.9. The number of allylic oxidation sites excluding steroid dienone is 4. The fraction of sp³-hybridized carbons (Fsp3) is 0.211. The molecule has 0 atom stereocenters. The van der Waals surface area contributed by atoms with Crippen LogP contribution in [0.25, 0.3) is 6.08 Å². The van der Waals surface area contributed by atoms with Crippen molar-refractivity contribution in [3.8, 4) is 0 Å². The van der Waals surface area contributed by atoms with Crippen molar-refractivity contribution in [1.29, 1.82) is 0 Å². The third-order valence-electron chi connectivity index (χ3n) is 3.39. The van der Waals surface area contributed by atoms with Crippen molar-refractivity contribution < 1.29 is 38.1 Å². The van der Waals surface area contributed by atoms with Crippen molar-refractivity contribution in [2.75, 3.05) is 28.4 Å². The highest BCUT2D eigenvalue weighted by Crippen LogP contribution is 2.49. The summed E-state index contributed by atoms with van der Waals surface area (Å²) in [6.45, 7) is 0. The summed E-state index contributed by atoms with van der Waals surface area (Å²) in [7, 11) is 4.96. The van der Waals surface area contributed by atoms with Gasteiger partial charge in [0.15, 0.2) is 0 Å². The zero-order chi connectivity index (χ0) is 23.0. The summed E-state index contributed by atoms with van der Waals surface area (Å²) < 4.78 is 20.2. The Balaban J connectivity index is 2.11. The SMILES string of the molecule is COC(=O)C1=C(C(=O)OC)SC(=C/C=C/C=C/c2sc(C(=O)OC)c(C(=O)OC)[s+]2)S1. The Morgan fingerprint density at radius 3 is 1.81 bits per heavy atom. The third-order valence-corrected chi connectivity index (χ3v) is 8.30. The minimum absolute atomic E-state index is 0.181. The van der Waals surface area contributed by atoms with Crippen LogP contribution in [0.15, 0.2) is 38.4 Å². The van der Waals surface area contributed by atoms with Crippen molar-refractivity contribution in [1.82, 2.24) is 0 Å². The van der Waals surface area contributed by atoms with Crippen molar-refractivity contribution in [2.45, 2.75) is 0 Å². The maximum Gasteiger partial charge on any atom is 0.375 e. The van der Waals surface area contributed by atoms with E-state index in [-0.39, 0.29) is 19.6 Å². The van der Waals surface area contributed by atoms with E-state index in [0.29, 0.717) is 8.43 Å². The summed E-state index contributed by atoms with van der Waals surface area (Å²) in [6.07, 6.45) is 8.64. The normalized spacial score (nSPS) is 13.6. The molecule has 8 nitrogen and oxygen atoms in total. The Labute approximate surface area is 194 Å². The predicted molar refractivity (Wildman–Crippen MR) is 122 cm³/mol. The number of carbonyl (C=O) groups is 4. The van der Waals surface area contributed by atoms with Gasteiger partial charge in [0.25, 0.3) is 13.9 Å². The van der Waals surface area contributed by atoms with Gasteiger partial charge in [0.05, 0.1) is 32.7 Å². The maximum atomic E-state index is 11.9. The van der Waals surface area contributed by atoms with E-state index in [2.05, 4.69) is 0 Å². The minimum Gasteiger partial charge on any atom is -0.465 e. The van der Waals surface area contributed by atoms with Crippen LogP contribution in [0.1, 0.15) is 23.5 Å². The van der Waals surface area contributed by atoms with Crippen LogP contribution in [-0.2, 0) is 28.5 Å². The van der Waals surface area contributed by atoms with Crippen molar-refractivity contribution in [3.05, 3.63) is 52.3 Å². The minimum atomic E-state index is -0.604. The molecule has 0 N–H and O–H groups in total. The average molecular weight is 502 g/mol. The summed E-state index contributed by atoms with van der Waals surface area (Å²) in [6, 6.07) is 0. The number of ether oxygens (including phenoxy) is 4. The van der Waals surface area contributed by atoms with Gasteiger partial charge in [0, 0.05) is 6.08 Å². The fourth-order valence-electron chi connectivity index (χ4n) is 2.01. The van der Waals surface area contributed by atoms with E-state index in [9.17, 15) is 19.2 Å². The maximum absolute atomic E-state index is 11.9. The molecule has 0 bridgehead atoms. The molecule has 0 spiro atoms. The van der Waals surface area contributed by atoms with Gasteiger partial charge in [-0.05, 0) is 6.08 Å². The molecule has 1 aliphatic heterocycles. The number of esters is 4. The quantitative estimate of drug-likeness (QED) is 0.234. The third kappa shape index (κ3) is 6.29. The zero-order valence-electron chi connectivity index (χ0n) is 16.8. The zero-order valence-corrected chi connectivity index (χ0v) is 20.1. The molecule has 1 aromatic heterocycles. The monoisotopic (exact) mass is 501 g/mol. The second kappa shape index (κ2) is 11.8. The molecule has 2 rings (SSSR count). The van der Waals surface area contributed by atoms with E-state index in [1.807, 2.05) is 0 Å². The number of thioether (sulfide) groups is 2. The number of carbonyl (C=O) groups excluding carboxylic acids is 4. The van der Waals surface area contributed by atoms with Crippen molar-refractivity contribution >= 4 is 76.2 Å². The molecule has 2 heterocycles. The van der Waals surface area contributed by atoms with E-state index in [0.717, 1.165) is 46.2 Å². The fourth-order valence-corrected chi connectivity index (χ4v) is 6.60. The van der Waals surface area contributed by atoms with E-state index in [4.69, 9.17) is 18.9 Å². The molecule has 0 unspecified atom stereocenters. The molecule has 0 saturated heterocycles. The summed E-state index contributed by atoms with van der Waals surface area (Å²) in [5.41, 5.74) is 0. The molecule has 1 aliphatic rings. The lowest BCUT2D eigenvalue weighted by atomic mass is 10.4. The van der Waals surface area contributed by atoms with Gasteiger partial charge in [-0.3, -0.25) is 0 Å². The standard InChI is InChI=1S/C19H17O8S4/c1-24-16(20)12-13(17(21)25-2)29-10(28-12)8-6-5-7-9-11-30-14(18(22)26-3)15(31-11)19(23)27-4/h5-9H,1-4H3/q+1. The molecule has 31 heavy (non-hydrogen) atoms. The van der Waals surface area contributed by atoms with Gasteiger partial charge in [-0.15, -0.1) is 0 Å². The molecule has 0 fully saturated rings. The van der Waals surface area contributed by atoms with Crippen LogP contribution in [0.4, 0.5) is 0 Å². The molecule has 164 valence electrons. The molecule has 0 aliphatic carbocycles. The second-order valence-corrected chi connectivity index (χ2v) is 9.97.